The van der Waals surface area contributed by atoms with E-state index in [0.717, 1.165) is 58.2 Å². The van der Waals surface area contributed by atoms with Crippen LogP contribution >= 0.6 is 0 Å². The van der Waals surface area contributed by atoms with E-state index in [0.29, 0.717) is 5.92 Å². The number of likely N-dealkylation sites (tertiary alicyclic amines) is 1. The number of hydrogen-bond acceptors (Lipinski definition) is 4. The number of piperidine rings is 1. The molecule has 7 heteroatoms. The maximum Gasteiger partial charge on any atom is 0.236 e. The molecule has 1 amide bonds. The smallest absolute Gasteiger partial charge is 0.236 e. The van der Waals surface area contributed by atoms with Crippen molar-refractivity contribution < 1.29 is 13.2 Å². The highest BCUT2D eigenvalue weighted by atomic mass is 32.2. The molecule has 1 aromatic rings. The Kier molecular flexibility index (Phi) is 7.48. The summed E-state index contributed by atoms with van der Waals surface area (Å²) in [5.74, 6) is -0.216. The third-order valence-corrected chi connectivity index (χ3v) is 7.14. The van der Waals surface area contributed by atoms with E-state index in [4.69, 9.17) is 0 Å². The standard InChI is InChI=1S/C21H33N3O3S/c1-17-9-11-19(12-10-17)23-28(26,27)16-21(25)22-20-8-5-13-24(15-20)14-18-6-3-2-4-7-18/h2-4,6-7,17,19-20,23H,5,8-16H2,1H3,(H,22,25)/t17?,19?,20-/m0/s1. The molecule has 1 saturated carbocycles. The molecule has 0 spiro atoms. The van der Waals surface area contributed by atoms with Gasteiger partial charge in [-0.25, -0.2) is 13.1 Å². The van der Waals surface area contributed by atoms with E-state index in [1.54, 1.807) is 0 Å². The van der Waals surface area contributed by atoms with E-state index < -0.39 is 21.7 Å². The third kappa shape index (κ3) is 6.87. The summed E-state index contributed by atoms with van der Waals surface area (Å²) in [5.41, 5.74) is 1.25. The molecule has 2 fully saturated rings. The quantitative estimate of drug-likeness (QED) is 0.727. The van der Waals surface area contributed by atoms with Crippen LogP contribution < -0.4 is 10.0 Å². The van der Waals surface area contributed by atoms with Gasteiger partial charge in [-0.05, 0) is 56.6 Å². The van der Waals surface area contributed by atoms with Crippen LogP contribution in [0.1, 0.15) is 51.0 Å². The SMILES string of the molecule is CC1CCC(NS(=O)(=O)CC(=O)N[C@H]2CCCN(Cc3ccccc3)C2)CC1. The fraction of sp³-hybridized carbons (Fsp3) is 0.667. The molecule has 2 N–H and O–H groups in total. The highest BCUT2D eigenvalue weighted by molar-refractivity contribution is 7.90. The van der Waals surface area contributed by atoms with Crippen LogP contribution in [0.2, 0.25) is 0 Å². The van der Waals surface area contributed by atoms with Gasteiger partial charge in [0.1, 0.15) is 5.75 Å². The molecule has 1 aliphatic heterocycles. The number of rotatable bonds is 7. The Hall–Kier alpha value is -1.44. The minimum Gasteiger partial charge on any atom is -0.351 e. The molecule has 1 aromatic carbocycles. The number of hydrogen-bond donors (Lipinski definition) is 2. The largest absolute Gasteiger partial charge is 0.351 e. The Morgan fingerprint density at radius 2 is 1.79 bits per heavy atom. The van der Waals surface area contributed by atoms with Gasteiger partial charge in [-0.2, -0.15) is 0 Å². The van der Waals surface area contributed by atoms with E-state index in [1.165, 1.54) is 5.56 Å². The molecule has 2 aliphatic rings. The molecule has 0 aromatic heterocycles. The predicted molar refractivity (Wildman–Crippen MR) is 111 cm³/mol. The van der Waals surface area contributed by atoms with Gasteiger partial charge in [0, 0.05) is 25.2 Å². The molecule has 0 unspecified atom stereocenters. The number of amides is 1. The maximum atomic E-state index is 12.4. The zero-order valence-corrected chi connectivity index (χ0v) is 17.6. The molecule has 156 valence electrons. The average Bonchev–Trinajstić information content (AvgIpc) is 2.64. The van der Waals surface area contributed by atoms with E-state index in [1.807, 2.05) is 18.2 Å². The van der Waals surface area contributed by atoms with Crippen LogP contribution in [0.25, 0.3) is 0 Å². The Morgan fingerprint density at radius 3 is 2.50 bits per heavy atom. The van der Waals surface area contributed by atoms with Crippen LogP contribution in [0.15, 0.2) is 30.3 Å². The van der Waals surface area contributed by atoms with E-state index in [2.05, 4.69) is 34.0 Å². The van der Waals surface area contributed by atoms with Crippen molar-refractivity contribution >= 4 is 15.9 Å². The summed E-state index contributed by atoms with van der Waals surface area (Å²) in [4.78, 5) is 14.7. The van der Waals surface area contributed by atoms with Gasteiger partial charge in [-0.15, -0.1) is 0 Å². The van der Waals surface area contributed by atoms with E-state index in [-0.39, 0.29) is 12.1 Å². The first-order valence-electron chi connectivity index (χ1n) is 10.5. The van der Waals surface area contributed by atoms with E-state index >= 15 is 0 Å². The minimum absolute atomic E-state index is 0.00990. The number of sulfonamides is 1. The topological polar surface area (TPSA) is 78.5 Å². The van der Waals surface area contributed by atoms with Gasteiger partial charge in [-0.3, -0.25) is 9.69 Å². The highest BCUT2D eigenvalue weighted by Crippen LogP contribution is 2.23. The number of carbonyl (C=O) groups is 1. The Morgan fingerprint density at radius 1 is 1.07 bits per heavy atom. The first kappa shape index (κ1) is 21.3. The lowest BCUT2D eigenvalue weighted by molar-refractivity contribution is -0.119. The van der Waals surface area contributed by atoms with Gasteiger partial charge in [0.25, 0.3) is 0 Å². The molecule has 3 rings (SSSR count). The Labute approximate surface area is 169 Å². The van der Waals surface area contributed by atoms with Crippen molar-refractivity contribution in [1.82, 2.24) is 14.9 Å². The van der Waals surface area contributed by atoms with Crippen molar-refractivity contribution in [2.45, 2.75) is 64.1 Å². The summed E-state index contributed by atoms with van der Waals surface area (Å²) in [7, 11) is -3.59. The third-order valence-electron chi connectivity index (χ3n) is 5.80. The minimum atomic E-state index is -3.59. The van der Waals surface area contributed by atoms with Crippen LogP contribution in [-0.2, 0) is 21.4 Å². The summed E-state index contributed by atoms with van der Waals surface area (Å²) in [6, 6.07) is 10.3. The van der Waals surface area contributed by atoms with Crippen molar-refractivity contribution in [2.75, 3.05) is 18.8 Å². The molecule has 1 atom stereocenters. The van der Waals surface area contributed by atoms with Gasteiger partial charge in [-0.1, -0.05) is 37.3 Å². The van der Waals surface area contributed by atoms with Crippen molar-refractivity contribution in [3.8, 4) is 0 Å². The zero-order chi connectivity index (χ0) is 20.0. The van der Waals surface area contributed by atoms with Crippen LogP contribution in [0.4, 0.5) is 0 Å². The normalized spacial score (nSPS) is 26.7. The molecule has 28 heavy (non-hydrogen) atoms. The molecular weight excluding hydrogens is 374 g/mol. The number of nitrogens with zero attached hydrogens (tertiary/aromatic N) is 1. The van der Waals surface area contributed by atoms with Crippen molar-refractivity contribution in [3.05, 3.63) is 35.9 Å². The van der Waals surface area contributed by atoms with Gasteiger partial charge in [0.2, 0.25) is 15.9 Å². The summed E-state index contributed by atoms with van der Waals surface area (Å²) in [6.07, 6.45) is 5.70. The van der Waals surface area contributed by atoms with E-state index in [9.17, 15) is 13.2 Å². The van der Waals surface area contributed by atoms with Crippen molar-refractivity contribution in [1.29, 1.82) is 0 Å². The van der Waals surface area contributed by atoms with Crippen LogP contribution in [0.3, 0.4) is 0 Å². The number of nitrogens with one attached hydrogen (secondary N) is 2. The Bertz CT molecular complexity index is 731. The lowest BCUT2D eigenvalue weighted by Gasteiger charge is -2.33. The first-order chi connectivity index (χ1) is 13.4. The van der Waals surface area contributed by atoms with Gasteiger partial charge in [0.15, 0.2) is 0 Å². The second kappa shape index (κ2) is 9.85. The summed E-state index contributed by atoms with van der Waals surface area (Å²) in [6.45, 7) is 4.81. The summed E-state index contributed by atoms with van der Waals surface area (Å²) in [5, 5.41) is 2.94. The van der Waals surface area contributed by atoms with Crippen LogP contribution in [0.5, 0.6) is 0 Å². The second-order valence-corrected chi connectivity index (χ2v) is 10.2. The lowest BCUT2D eigenvalue weighted by Crippen LogP contribution is -2.50. The molecule has 1 aliphatic carbocycles. The van der Waals surface area contributed by atoms with Gasteiger partial charge >= 0.3 is 0 Å². The molecule has 6 nitrogen and oxygen atoms in total. The van der Waals surface area contributed by atoms with Gasteiger partial charge < -0.3 is 5.32 Å². The number of carbonyl (C=O) groups excluding carboxylic acids is 1. The monoisotopic (exact) mass is 407 g/mol. The highest BCUT2D eigenvalue weighted by Gasteiger charge is 2.27. The van der Waals surface area contributed by atoms with Crippen molar-refractivity contribution in [2.24, 2.45) is 5.92 Å². The maximum absolute atomic E-state index is 12.4. The summed E-state index contributed by atoms with van der Waals surface area (Å²) < 4.78 is 27.4. The van der Waals surface area contributed by atoms with Gasteiger partial charge in [0.05, 0.1) is 0 Å². The van der Waals surface area contributed by atoms with Crippen LogP contribution in [-0.4, -0.2) is 50.2 Å². The van der Waals surface area contributed by atoms with Crippen LogP contribution in [0, 0.1) is 5.92 Å². The predicted octanol–water partition coefficient (Wildman–Crippen LogP) is 2.27. The zero-order valence-electron chi connectivity index (χ0n) is 16.8. The average molecular weight is 408 g/mol. The lowest BCUT2D eigenvalue weighted by atomic mass is 9.88. The molecular formula is C21H33N3O3S. The summed E-state index contributed by atoms with van der Waals surface area (Å²) >= 11 is 0. The Balaban J connectivity index is 1.44. The number of benzene rings is 1. The van der Waals surface area contributed by atoms with Crippen molar-refractivity contribution in [3.63, 3.8) is 0 Å². The molecule has 1 heterocycles. The molecule has 1 saturated heterocycles. The molecule has 0 bridgehead atoms. The first-order valence-corrected chi connectivity index (χ1v) is 12.1. The molecule has 0 radical (unpaired) electrons. The fourth-order valence-corrected chi connectivity index (χ4v) is 5.53. The fourth-order valence-electron chi connectivity index (χ4n) is 4.27. The second-order valence-electron chi connectivity index (χ2n) is 8.46.